The molecule has 2 aromatic rings. The second-order valence-electron chi connectivity index (χ2n) is 4.06. The quantitative estimate of drug-likeness (QED) is 0.717. The van der Waals surface area contributed by atoms with Crippen molar-refractivity contribution in [2.45, 2.75) is 25.4 Å². The molecule has 3 heteroatoms. The Morgan fingerprint density at radius 3 is 2.93 bits per heavy atom. The van der Waals surface area contributed by atoms with Crippen LogP contribution < -0.4 is 0 Å². The van der Waals surface area contributed by atoms with E-state index in [2.05, 4.69) is 9.97 Å². The van der Waals surface area contributed by atoms with Gasteiger partial charge in [0.2, 0.25) is 0 Å². The predicted octanol–water partition coefficient (Wildman–Crippen LogP) is 1.85. The summed E-state index contributed by atoms with van der Waals surface area (Å²) in [6.45, 7) is 1.93. The lowest BCUT2D eigenvalue weighted by atomic mass is 10.1. The average molecular weight is 188 g/mol. The fraction of sp³-hybridized carbons (Fsp3) is 0.364. The molecule has 1 aromatic heterocycles. The first kappa shape index (κ1) is 8.00. The average Bonchev–Trinajstić information content (AvgIpc) is 2.78. The van der Waals surface area contributed by atoms with E-state index in [0.29, 0.717) is 0 Å². The molecule has 0 amide bonds. The van der Waals surface area contributed by atoms with Crippen molar-refractivity contribution in [3.05, 3.63) is 29.6 Å². The third kappa shape index (κ3) is 0.990. The lowest BCUT2D eigenvalue weighted by molar-refractivity contribution is 0.153. The van der Waals surface area contributed by atoms with E-state index >= 15 is 0 Å². The van der Waals surface area contributed by atoms with Gasteiger partial charge in [0.25, 0.3) is 0 Å². The number of fused-ring (bicyclic) bond motifs is 1. The summed E-state index contributed by atoms with van der Waals surface area (Å²) in [5, 5.41) is 10.1. The summed E-state index contributed by atoms with van der Waals surface area (Å²) in [7, 11) is 0. The van der Waals surface area contributed by atoms with Gasteiger partial charge in [0, 0.05) is 5.56 Å². The Bertz CT molecular complexity index is 497. The molecule has 0 radical (unpaired) electrons. The van der Waals surface area contributed by atoms with Crippen molar-refractivity contribution >= 4 is 11.0 Å². The normalized spacial score (nSPS) is 18.7. The number of rotatable bonds is 1. The molecule has 14 heavy (non-hydrogen) atoms. The van der Waals surface area contributed by atoms with Gasteiger partial charge in [0.1, 0.15) is 5.82 Å². The molecule has 1 aliphatic carbocycles. The maximum atomic E-state index is 10.1. The Labute approximate surface area is 81.8 Å². The van der Waals surface area contributed by atoms with Crippen molar-refractivity contribution in [2.75, 3.05) is 0 Å². The molecule has 0 saturated heterocycles. The summed E-state index contributed by atoms with van der Waals surface area (Å²) < 4.78 is 0. The number of nitrogens with zero attached hydrogens (tertiary/aromatic N) is 1. The first-order valence-corrected chi connectivity index (χ1v) is 4.87. The van der Waals surface area contributed by atoms with Crippen LogP contribution in [-0.4, -0.2) is 15.1 Å². The van der Waals surface area contributed by atoms with E-state index in [1.165, 1.54) is 0 Å². The van der Waals surface area contributed by atoms with E-state index in [-0.39, 0.29) is 0 Å². The summed E-state index contributed by atoms with van der Waals surface area (Å²) >= 11 is 0. The van der Waals surface area contributed by atoms with Crippen LogP contribution in [0.2, 0.25) is 0 Å². The Balaban J connectivity index is 2.32. The maximum absolute atomic E-state index is 10.1. The van der Waals surface area contributed by atoms with Gasteiger partial charge in [0.05, 0.1) is 16.6 Å². The molecule has 0 bridgehead atoms. The summed E-state index contributed by atoms with van der Waals surface area (Å²) in [4.78, 5) is 7.58. The number of aliphatic hydroxyl groups is 1. The summed E-state index contributed by atoms with van der Waals surface area (Å²) in [6.07, 6.45) is 1.72. The molecule has 2 N–H and O–H groups in total. The zero-order chi connectivity index (χ0) is 9.76. The zero-order valence-corrected chi connectivity index (χ0v) is 8.04. The molecule has 1 heterocycles. The van der Waals surface area contributed by atoms with Crippen molar-refractivity contribution in [2.24, 2.45) is 0 Å². The first-order chi connectivity index (χ1) is 6.69. The van der Waals surface area contributed by atoms with Crippen molar-refractivity contribution in [1.82, 2.24) is 9.97 Å². The van der Waals surface area contributed by atoms with Gasteiger partial charge in [-0.3, -0.25) is 0 Å². The topological polar surface area (TPSA) is 48.9 Å². The number of hydrogen-bond acceptors (Lipinski definition) is 2. The van der Waals surface area contributed by atoms with E-state index < -0.39 is 5.60 Å². The van der Waals surface area contributed by atoms with Crippen LogP contribution in [0.5, 0.6) is 0 Å². The van der Waals surface area contributed by atoms with Crippen LogP contribution >= 0.6 is 0 Å². The standard InChI is InChI=1S/C11H12N2O/c1-7-12-9-4-2-3-8(10(9)13-7)11(14)5-6-11/h2-4,14H,5-6H2,1H3,(H,12,13). The van der Waals surface area contributed by atoms with E-state index in [4.69, 9.17) is 0 Å². The number of H-pyrrole nitrogens is 1. The highest BCUT2D eigenvalue weighted by molar-refractivity contribution is 5.80. The highest BCUT2D eigenvalue weighted by atomic mass is 16.3. The molecule has 1 fully saturated rings. The lowest BCUT2D eigenvalue weighted by Crippen LogP contribution is -2.04. The van der Waals surface area contributed by atoms with Gasteiger partial charge in [-0.05, 0) is 25.8 Å². The number of aromatic nitrogens is 2. The molecule has 0 spiro atoms. The van der Waals surface area contributed by atoms with E-state index in [1.807, 2.05) is 25.1 Å². The van der Waals surface area contributed by atoms with E-state index in [9.17, 15) is 5.11 Å². The largest absolute Gasteiger partial charge is 0.385 e. The Morgan fingerprint density at radius 1 is 1.43 bits per heavy atom. The van der Waals surface area contributed by atoms with Crippen LogP contribution in [0, 0.1) is 6.92 Å². The maximum Gasteiger partial charge on any atom is 0.104 e. The summed E-state index contributed by atoms with van der Waals surface area (Å²) in [5.74, 6) is 0.900. The number of nitrogens with one attached hydrogen (secondary N) is 1. The van der Waals surface area contributed by atoms with Crippen molar-refractivity contribution in [3.8, 4) is 0 Å². The number of aromatic amines is 1. The number of benzene rings is 1. The van der Waals surface area contributed by atoms with Gasteiger partial charge in [-0.1, -0.05) is 12.1 Å². The van der Waals surface area contributed by atoms with Gasteiger partial charge >= 0.3 is 0 Å². The molecular formula is C11H12N2O. The molecule has 0 aliphatic heterocycles. The van der Waals surface area contributed by atoms with Crippen molar-refractivity contribution < 1.29 is 5.11 Å². The third-order valence-electron chi connectivity index (χ3n) is 2.86. The number of para-hydroxylation sites is 1. The minimum Gasteiger partial charge on any atom is -0.385 e. The molecular weight excluding hydrogens is 176 g/mol. The molecule has 0 unspecified atom stereocenters. The molecule has 1 aliphatic rings. The van der Waals surface area contributed by atoms with Crippen LogP contribution in [0.25, 0.3) is 11.0 Å². The van der Waals surface area contributed by atoms with Crippen molar-refractivity contribution in [1.29, 1.82) is 0 Å². The first-order valence-electron chi connectivity index (χ1n) is 4.87. The fourth-order valence-corrected chi connectivity index (χ4v) is 1.92. The third-order valence-corrected chi connectivity index (χ3v) is 2.86. The molecule has 3 rings (SSSR count). The zero-order valence-electron chi connectivity index (χ0n) is 8.04. The molecule has 0 atom stereocenters. The fourth-order valence-electron chi connectivity index (χ4n) is 1.92. The van der Waals surface area contributed by atoms with Crippen LogP contribution in [0.3, 0.4) is 0 Å². The number of imidazole rings is 1. The van der Waals surface area contributed by atoms with E-state index in [0.717, 1.165) is 35.3 Å². The minimum atomic E-state index is -0.596. The van der Waals surface area contributed by atoms with Crippen molar-refractivity contribution in [3.63, 3.8) is 0 Å². The Morgan fingerprint density at radius 2 is 2.21 bits per heavy atom. The van der Waals surface area contributed by atoms with Gasteiger partial charge in [0.15, 0.2) is 0 Å². The van der Waals surface area contributed by atoms with Gasteiger partial charge in [-0.25, -0.2) is 4.98 Å². The highest BCUT2D eigenvalue weighted by Crippen LogP contribution is 2.47. The monoisotopic (exact) mass is 188 g/mol. The number of aryl methyl sites for hydroxylation is 1. The molecule has 1 saturated carbocycles. The smallest absolute Gasteiger partial charge is 0.104 e. The second kappa shape index (κ2) is 2.36. The number of hydrogen-bond donors (Lipinski definition) is 2. The molecule has 72 valence electrons. The van der Waals surface area contributed by atoms with E-state index in [1.54, 1.807) is 0 Å². The van der Waals surface area contributed by atoms with Crippen LogP contribution in [0.15, 0.2) is 18.2 Å². The van der Waals surface area contributed by atoms with Gasteiger partial charge in [-0.15, -0.1) is 0 Å². The van der Waals surface area contributed by atoms with Crippen LogP contribution in [-0.2, 0) is 5.60 Å². The van der Waals surface area contributed by atoms with Crippen LogP contribution in [0.1, 0.15) is 24.2 Å². The minimum absolute atomic E-state index is 0.596. The SMILES string of the molecule is Cc1nc2c(C3(O)CC3)cccc2[nH]1. The summed E-state index contributed by atoms with van der Waals surface area (Å²) in [5.41, 5.74) is 2.31. The lowest BCUT2D eigenvalue weighted by Gasteiger charge is -2.07. The molecule has 1 aromatic carbocycles. The highest BCUT2D eigenvalue weighted by Gasteiger charge is 2.43. The Kier molecular flexibility index (Phi) is 1.35. The van der Waals surface area contributed by atoms with Gasteiger partial charge < -0.3 is 10.1 Å². The predicted molar refractivity (Wildman–Crippen MR) is 54.0 cm³/mol. The molecule has 3 nitrogen and oxygen atoms in total. The summed E-state index contributed by atoms with van der Waals surface area (Å²) in [6, 6.07) is 5.92. The van der Waals surface area contributed by atoms with Gasteiger partial charge in [-0.2, -0.15) is 0 Å². The van der Waals surface area contributed by atoms with Crippen LogP contribution in [0.4, 0.5) is 0 Å². The Hall–Kier alpha value is -1.35. The second-order valence-corrected chi connectivity index (χ2v) is 4.06.